The Morgan fingerprint density at radius 2 is 2.24 bits per heavy atom. The van der Waals surface area contributed by atoms with Gasteiger partial charge in [-0.25, -0.2) is 0 Å². The predicted octanol–water partition coefficient (Wildman–Crippen LogP) is 4.04. The van der Waals surface area contributed by atoms with E-state index in [2.05, 4.69) is 35.2 Å². The Bertz CT molecular complexity index is 727. The van der Waals surface area contributed by atoms with E-state index in [1.807, 2.05) is 18.5 Å². The second-order valence-electron chi connectivity index (χ2n) is 6.97. The number of aryl methyl sites for hydroxylation is 2. The fourth-order valence-corrected chi connectivity index (χ4v) is 3.25. The Morgan fingerprint density at radius 1 is 1.40 bits per heavy atom. The van der Waals surface area contributed by atoms with Crippen LogP contribution in [-0.4, -0.2) is 16.5 Å². The highest BCUT2D eigenvalue weighted by Gasteiger charge is 2.30. The molecule has 0 radical (unpaired) electrons. The summed E-state index contributed by atoms with van der Waals surface area (Å²) >= 11 is 0. The highest BCUT2D eigenvalue weighted by Crippen LogP contribution is 2.29. The van der Waals surface area contributed by atoms with Gasteiger partial charge in [0.1, 0.15) is 5.71 Å². The maximum absolute atomic E-state index is 12.5. The van der Waals surface area contributed by atoms with Gasteiger partial charge in [0.2, 0.25) is 0 Å². The van der Waals surface area contributed by atoms with Gasteiger partial charge in [0, 0.05) is 42.3 Å². The number of hydrogen-bond donors (Lipinski definition) is 1. The number of aromatic nitrogens is 1. The molecule has 1 N–H and O–H groups in total. The van der Waals surface area contributed by atoms with Crippen LogP contribution in [0, 0.1) is 12.8 Å². The number of allylic oxidation sites excluding steroid dienone is 2. The average Bonchev–Trinajstić information content (AvgIpc) is 2.56. The van der Waals surface area contributed by atoms with Gasteiger partial charge in [-0.15, -0.1) is 0 Å². The molecule has 132 valence electrons. The summed E-state index contributed by atoms with van der Waals surface area (Å²) in [5.74, 6) is 0.400. The first-order valence-electron chi connectivity index (χ1n) is 9.33. The smallest absolute Gasteiger partial charge is 0.184 e. The van der Waals surface area contributed by atoms with Gasteiger partial charge in [-0.2, -0.15) is 0 Å². The van der Waals surface area contributed by atoms with Gasteiger partial charge < -0.3 is 5.32 Å². The summed E-state index contributed by atoms with van der Waals surface area (Å²) in [7, 11) is 0. The van der Waals surface area contributed by atoms with E-state index in [4.69, 9.17) is 0 Å². The van der Waals surface area contributed by atoms with Crippen LogP contribution in [0.4, 0.5) is 0 Å². The van der Waals surface area contributed by atoms with Gasteiger partial charge in [-0.3, -0.25) is 14.8 Å². The van der Waals surface area contributed by atoms with Gasteiger partial charge in [0.15, 0.2) is 5.78 Å². The van der Waals surface area contributed by atoms with E-state index in [-0.39, 0.29) is 11.7 Å². The van der Waals surface area contributed by atoms with Crippen LogP contribution in [0.15, 0.2) is 41.3 Å². The quantitative estimate of drug-likeness (QED) is 0.817. The molecule has 1 aromatic heterocycles. The molecule has 2 heterocycles. The maximum Gasteiger partial charge on any atom is 0.184 e. The standard InChI is InChI=1S/C21H27N3O/c1-3-6-19-15(2)11-16(13-24-19)12-22-14-18-9-5-10-23-20(18)21(25)17-7-4-8-17/h5,10-11,13-14,17,22H,3-4,6-9,12H2,1-2H3/b18-14+. The molecule has 0 atom stereocenters. The minimum absolute atomic E-state index is 0.187. The fraction of sp³-hybridized carbons (Fsp3) is 0.476. The Morgan fingerprint density at radius 3 is 2.92 bits per heavy atom. The Balaban J connectivity index is 1.63. The van der Waals surface area contributed by atoms with Crippen molar-refractivity contribution in [2.24, 2.45) is 10.9 Å². The van der Waals surface area contributed by atoms with Crippen LogP contribution in [0.3, 0.4) is 0 Å². The molecule has 0 bridgehead atoms. The monoisotopic (exact) mass is 337 g/mol. The second-order valence-corrected chi connectivity index (χ2v) is 6.97. The second kappa shape index (κ2) is 8.24. The lowest BCUT2D eigenvalue weighted by atomic mass is 9.79. The molecule has 1 aliphatic carbocycles. The first-order valence-corrected chi connectivity index (χ1v) is 9.33. The number of rotatable bonds is 7. The van der Waals surface area contributed by atoms with Crippen LogP contribution in [-0.2, 0) is 17.8 Å². The third-order valence-corrected chi connectivity index (χ3v) is 4.97. The van der Waals surface area contributed by atoms with E-state index >= 15 is 0 Å². The summed E-state index contributed by atoms with van der Waals surface area (Å²) in [5, 5.41) is 3.34. The topological polar surface area (TPSA) is 54.4 Å². The molecule has 25 heavy (non-hydrogen) atoms. The molecule has 3 rings (SSSR count). The van der Waals surface area contributed by atoms with E-state index in [0.29, 0.717) is 12.3 Å². The molecule has 0 aromatic carbocycles. The Hall–Kier alpha value is -2.23. The first-order chi connectivity index (χ1) is 12.2. The van der Waals surface area contributed by atoms with Gasteiger partial charge in [0.05, 0.1) is 0 Å². The number of hydrogen-bond acceptors (Lipinski definition) is 4. The van der Waals surface area contributed by atoms with Crippen molar-refractivity contribution in [1.82, 2.24) is 10.3 Å². The van der Waals surface area contributed by atoms with Crippen LogP contribution in [0.1, 0.15) is 55.8 Å². The van der Waals surface area contributed by atoms with Crippen molar-refractivity contribution in [3.05, 3.63) is 53.1 Å². The molecule has 4 heteroatoms. The number of aliphatic imine (C=N–C) groups is 1. The third-order valence-electron chi connectivity index (χ3n) is 4.97. The molecular formula is C21H27N3O. The highest BCUT2D eigenvalue weighted by atomic mass is 16.1. The molecule has 4 nitrogen and oxygen atoms in total. The number of Topliss-reactive ketones (excluding diaryl/α,β-unsaturated/α-hetero) is 1. The number of carbonyl (C=O) groups is 1. The lowest BCUT2D eigenvalue weighted by molar-refractivity contribution is -0.118. The van der Waals surface area contributed by atoms with Crippen LogP contribution in [0.2, 0.25) is 0 Å². The lowest BCUT2D eigenvalue weighted by Gasteiger charge is -2.25. The van der Waals surface area contributed by atoms with Crippen LogP contribution >= 0.6 is 0 Å². The van der Waals surface area contributed by atoms with E-state index in [1.165, 1.54) is 11.3 Å². The predicted molar refractivity (Wildman–Crippen MR) is 101 cm³/mol. The van der Waals surface area contributed by atoms with E-state index < -0.39 is 0 Å². The molecule has 2 aliphatic rings. The average molecular weight is 337 g/mol. The van der Waals surface area contributed by atoms with Crippen molar-refractivity contribution in [2.45, 2.75) is 58.9 Å². The summed E-state index contributed by atoms with van der Waals surface area (Å²) < 4.78 is 0. The normalized spacial score (nSPS) is 18.8. The van der Waals surface area contributed by atoms with Crippen LogP contribution < -0.4 is 5.32 Å². The summed E-state index contributed by atoms with van der Waals surface area (Å²) in [4.78, 5) is 21.4. The van der Waals surface area contributed by atoms with Crippen molar-refractivity contribution in [3.8, 4) is 0 Å². The minimum atomic E-state index is 0.187. The van der Waals surface area contributed by atoms with Crippen molar-refractivity contribution in [3.63, 3.8) is 0 Å². The van der Waals surface area contributed by atoms with E-state index in [9.17, 15) is 4.79 Å². The SMILES string of the molecule is CCCc1ncc(CN/C=C2\CC=CN=C2C(=O)C2CCC2)cc1C. The summed E-state index contributed by atoms with van der Waals surface area (Å²) in [6, 6.07) is 2.19. The zero-order valence-electron chi connectivity index (χ0n) is 15.2. The number of carbonyl (C=O) groups excluding carboxylic acids is 1. The highest BCUT2D eigenvalue weighted by molar-refractivity contribution is 6.47. The minimum Gasteiger partial charge on any atom is -0.386 e. The summed E-state index contributed by atoms with van der Waals surface area (Å²) in [6.45, 7) is 5.00. The number of nitrogens with zero attached hydrogens (tertiary/aromatic N) is 2. The number of pyridine rings is 1. The summed E-state index contributed by atoms with van der Waals surface area (Å²) in [6.07, 6.45) is 13.7. The summed E-state index contributed by atoms with van der Waals surface area (Å²) in [5.41, 5.74) is 5.22. The molecule has 0 amide bonds. The first kappa shape index (κ1) is 17.6. The van der Waals surface area contributed by atoms with Gasteiger partial charge >= 0.3 is 0 Å². The van der Waals surface area contributed by atoms with Crippen molar-refractivity contribution < 1.29 is 4.79 Å². The molecule has 0 saturated heterocycles. The van der Waals surface area contributed by atoms with E-state index in [0.717, 1.165) is 49.7 Å². The largest absolute Gasteiger partial charge is 0.386 e. The van der Waals surface area contributed by atoms with Gasteiger partial charge in [0.25, 0.3) is 0 Å². The molecule has 1 saturated carbocycles. The van der Waals surface area contributed by atoms with Crippen molar-refractivity contribution >= 4 is 11.5 Å². The zero-order valence-corrected chi connectivity index (χ0v) is 15.2. The number of ketones is 1. The van der Waals surface area contributed by atoms with Gasteiger partial charge in [-0.1, -0.05) is 31.9 Å². The van der Waals surface area contributed by atoms with Crippen molar-refractivity contribution in [2.75, 3.05) is 0 Å². The zero-order chi connectivity index (χ0) is 17.6. The molecule has 1 aliphatic heterocycles. The Labute approximate surface area is 150 Å². The van der Waals surface area contributed by atoms with Crippen LogP contribution in [0.25, 0.3) is 0 Å². The molecule has 0 spiro atoms. The molecular weight excluding hydrogens is 310 g/mol. The number of nitrogens with one attached hydrogen (secondary N) is 1. The lowest BCUT2D eigenvalue weighted by Crippen LogP contribution is -2.31. The van der Waals surface area contributed by atoms with Crippen LogP contribution in [0.5, 0.6) is 0 Å². The molecule has 1 fully saturated rings. The van der Waals surface area contributed by atoms with E-state index in [1.54, 1.807) is 6.20 Å². The third kappa shape index (κ3) is 4.25. The van der Waals surface area contributed by atoms with Crippen molar-refractivity contribution in [1.29, 1.82) is 0 Å². The van der Waals surface area contributed by atoms with Gasteiger partial charge in [-0.05, 0) is 43.7 Å². The molecule has 0 unspecified atom stereocenters. The molecule has 1 aromatic rings. The Kier molecular flexibility index (Phi) is 5.79. The maximum atomic E-state index is 12.5. The fourth-order valence-electron chi connectivity index (χ4n) is 3.25.